The van der Waals surface area contributed by atoms with Crippen molar-refractivity contribution in [3.63, 3.8) is 0 Å². The second-order valence-corrected chi connectivity index (χ2v) is 5.06. The second kappa shape index (κ2) is 6.72. The van der Waals surface area contributed by atoms with Crippen LogP contribution >= 0.6 is 0 Å². The lowest BCUT2D eigenvalue weighted by atomic mass is 9.85. The van der Waals surface area contributed by atoms with Crippen LogP contribution in [0.2, 0.25) is 0 Å². The van der Waals surface area contributed by atoms with E-state index < -0.39 is 0 Å². The first-order chi connectivity index (χ1) is 8.34. The first-order valence-corrected chi connectivity index (χ1v) is 6.64. The first kappa shape index (κ1) is 12.5. The summed E-state index contributed by atoms with van der Waals surface area (Å²) in [6, 6.07) is 6.05. The van der Waals surface area contributed by atoms with Crippen molar-refractivity contribution in [1.29, 1.82) is 0 Å². The van der Waals surface area contributed by atoms with Crippen molar-refractivity contribution >= 4 is 0 Å². The van der Waals surface area contributed by atoms with Gasteiger partial charge in [0.1, 0.15) is 0 Å². The Kier molecular flexibility index (Phi) is 4.95. The fourth-order valence-corrected chi connectivity index (χ4v) is 2.20. The molecule has 1 fully saturated rings. The van der Waals surface area contributed by atoms with Gasteiger partial charge >= 0.3 is 0 Å². The first-order valence-electron chi connectivity index (χ1n) is 6.64. The van der Waals surface area contributed by atoms with Gasteiger partial charge in [0.05, 0.1) is 5.69 Å². The molecule has 0 spiro atoms. The number of nitrogens with zero attached hydrogens (tertiary/aromatic N) is 2. The molecule has 3 heteroatoms. The Hall–Kier alpha value is -0.930. The highest BCUT2D eigenvalue weighted by molar-refractivity contribution is 5.02. The molecular weight excluding hydrogens is 210 g/mol. The zero-order valence-corrected chi connectivity index (χ0v) is 10.7. The predicted octanol–water partition coefficient (Wildman–Crippen LogP) is 1.90. The minimum Gasteiger partial charge on any atom is -0.310 e. The smallest absolute Gasteiger partial charge is 0.0541 e. The van der Waals surface area contributed by atoms with E-state index in [1.54, 1.807) is 0 Å². The van der Waals surface area contributed by atoms with Gasteiger partial charge in [-0.3, -0.25) is 4.98 Å². The van der Waals surface area contributed by atoms with Gasteiger partial charge in [-0.2, -0.15) is 0 Å². The minimum atomic E-state index is 0.873. The fraction of sp³-hybridized carbons (Fsp3) is 0.643. The molecule has 0 aliphatic heterocycles. The average molecular weight is 233 g/mol. The van der Waals surface area contributed by atoms with E-state index in [2.05, 4.69) is 28.3 Å². The lowest BCUT2D eigenvalue weighted by molar-refractivity contribution is 0.205. The summed E-state index contributed by atoms with van der Waals surface area (Å²) in [5.41, 5.74) is 1.12. The highest BCUT2D eigenvalue weighted by atomic mass is 15.1. The SMILES string of the molecule is CN(CCNCc1ccccn1)CC1CCC1. The molecule has 1 aliphatic rings. The van der Waals surface area contributed by atoms with Gasteiger partial charge in [-0.25, -0.2) is 0 Å². The molecule has 0 atom stereocenters. The quantitative estimate of drug-likeness (QED) is 0.729. The van der Waals surface area contributed by atoms with Crippen LogP contribution in [0.25, 0.3) is 0 Å². The van der Waals surface area contributed by atoms with E-state index in [1.165, 1.54) is 25.8 Å². The van der Waals surface area contributed by atoms with E-state index in [0.29, 0.717) is 0 Å². The van der Waals surface area contributed by atoms with Crippen molar-refractivity contribution in [1.82, 2.24) is 15.2 Å². The average Bonchev–Trinajstić information content (AvgIpc) is 2.31. The third kappa shape index (κ3) is 4.44. The summed E-state index contributed by atoms with van der Waals surface area (Å²) in [5, 5.41) is 3.44. The molecule has 0 bridgehead atoms. The zero-order chi connectivity index (χ0) is 11.9. The summed E-state index contributed by atoms with van der Waals surface area (Å²) in [4.78, 5) is 6.73. The molecule has 17 heavy (non-hydrogen) atoms. The van der Waals surface area contributed by atoms with Crippen LogP contribution in [0.4, 0.5) is 0 Å². The van der Waals surface area contributed by atoms with E-state index in [0.717, 1.165) is 31.2 Å². The van der Waals surface area contributed by atoms with Crippen molar-refractivity contribution in [2.45, 2.75) is 25.8 Å². The van der Waals surface area contributed by atoms with Gasteiger partial charge in [0.25, 0.3) is 0 Å². The van der Waals surface area contributed by atoms with E-state index >= 15 is 0 Å². The molecule has 0 amide bonds. The minimum absolute atomic E-state index is 0.873. The summed E-state index contributed by atoms with van der Waals surface area (Å²) >= 11 is 0. The van der Waals surface area contributed by atoms with Crippen LogP contribution in [0.3, 0.4) is 0 Å². The van der Waals surface area contributed by atoms with Crippen LogP contribution in [0.1, 0.15) is 25.0 Å². The summed E-state index contributed by atoms with van der Waals surface area (Å²) in [6.45, 7) is 4.31. The molecule has 2 rings (SSSR count). The number of nitrogens with one attached hydrogen (secondary N) is 1. The maximum atomic E-state index is 4.29. The molecule has 0 saturated heterocycles. The van der Waals surface area contributed by atoms with Gasteiger partial charge in [0.15, 0.2) is 0 Å². The highest BCUT2D eigenvalue weighted by Crippen LogP contribution is 2.26. The van der Waals surface area contributed by atoms with E-state index in [9.17, 15) is 0 Å². The zero-order valence-electron chi connectivity index (χ0n) is 10.7. The van der Waals surface area contributed by atoms with Crippen molar-refractivity contribution < 1.29 is 0 Å². The molecule has 0 aromatic carbocycles. The Morgan fingerprint density at radius 3 is 2.94 bits per heavy atom. The normalized spacial score (nSPS) is 16.1. The Bertz CT molecular complexity index is 309. The van der Waals surface area contributed by atoms with Crippen LogP contribution in [0.15, 0.2) is 24.4 Å². The topological polar surface area (TPSA) is 28.2 Å². The molecule has 0 radical (unpaired) electrons. The molecule has 94 valence electrons. The lowest BCUT2D eigenvalue weighted by Crippen LogP contribution is -2.34. The van der Waals surface area contributed by atoms with Crippen LogP contribution in [-0.2, 0) is 6.54 Å². The summed E-state index contributed by atoms with van der Waals surface area (Å²) in [7, 11) is 2.22. The van der Waals surface area contributed by atoms with Crippen LogP contribution < -0.4 is 5.32 Å². The summed E-state index contributed by atoms with van der Waals surface area (Å²) in [5.74, 6) is 0.968. The van der Waals surface area contributed by atoms with Crippen molar-refractivity contribution in [3.8, 4) is 0 Å². The molecule has 1 saturated carbocycles. The van der Waals surface area contributed by atoms with Gasteiger partial charge in [-0.1, -0.05) is 12.5 Å². The fourth-order valence-electron chi connectivity index (χ4n) is 2.20. The Morgan fingerprint density at radius 2 is 2.29 bits per heavy atom. The highest BCUT2D eigenvalue weighted by Gasteiger charge is 2.18. The third-order valence-corrected chi connectivity index (χ3v) is 3.50. The van der Waals surface area contributed by atoms with Crippen LogP contribution in [0, 0.1) is 5.92 Å². The number of likely N-dealkylation sites (N-methyl/N-ethyl adjacent to an activating group) is 1. The lowest BCUT2D eigenvalue weighted by Gasteiger charge is -2.30. The van der Waals surface area contributed by atoms with Gasteiger partial charge in [0, 0.05) is 32.4 Å². The molecule has 1 aliphatic carbocycles. The maximum absolute atomic E-state index is 4.29. The second-order valence-electron chi connectivity index (χ2n) is 5.06. The molecule has 1 heterocycles. The van der Waals surface area contributed by atoms with E-state index in [1.807, 2.05) is 18.3 Å². The van der Waals surface area contributed by atoms with Crippen molar-refractivity contribution in [3.05, 3.63) is 30.1 Å². The Balaban J connectivity index is 1.53. The largest absolute Gasteiger partial charge is 0.310 e. The number of pyridine rings is 1. The number of hydrogen-bond donors (Lipinski definition) is 1. The number of rotatable bonds is 7. The molecular formula is C14H23N3. The summed E-state index contributed by atoms with van der Waals surface area (Å²) < 4.78 is 0. The summed E-state index contributed by atoms with van der Waals surface area (Å²) in [6.07, 6.45) is 6.16. The maximum Gasteiger partial charge on any atom is 0.0541 e. The molecule has 1 N–H and O–H groups in total. The number of aromatic nitrogens is 1. The molecule has 1 aromatic heterocycles. The van der Waals surface area contributed by atoms with E-state index in [4.69, 9.17) is 0 Å². The van der Waals surface area contributed by atoms with Crippen LogP contribution in [0.5, 0.6) is 0 Å². The van der Waals surface area contributed by atoms with Crippen LogP contribution in [-0.4, -0.2) is 36.6 Å². The van der Waals surface area contributed by atoms with Crippen molar-refractivity contribution in [2.24, 2.45) is 5.92 Å². The molecule has 3 nitrogen and oxygen atoms in total. The molecule has 1 aromatic rings. The monoisotopic (exact) mass is 233 g/mol. The van der Waals surface area contributed by atoms with Crippen molar-refractivity contribution in [2.75, 3.05) is 26.7 Å². The van der Waals surface area contributed by atoms with Gasteiger partial charge in [0.2, 0.25) is 0 Å². The van der Waals surface area contributed by atoms with Gasteiger partial charge in [-0.05, 0) is 37.9 Å². The van der Waals surface area contributed by atoms with Gasteiger partial charge < -0.3 is 10.2 Å². The van der Waals surface area contributed by atoms with Gasteiger partial charge in [-0.15, -0.1) is 0 Å². The standard InChI is InChI=1S/C14H23N3/c1-17(12-13-5-4-6-13)10-9-15-11-14-7-2-3-8-16-14/h2-3,7-8,13,15H,4-6,9-12H2,1H3. The number of hydrogen-bond acceptors (Lipinski definition) is 3. The Morgan fingerprint density at radius 1 is 1.41 bits per heavy atom. The third-order valence-electron chi connectivity index (χ3n) is 3.50. The molecule has 0 unspecified atom stereocenters. The predicted molar refractivity (Wildman–Crippen MR) is 70.8 cm³/mol. The Labute approximate surface area is 104 Å². The van der Waals surface area contributed by atoms with E-state index in [-0.39, 0.29) is 0 Å².